The maximum absolute atomic E-state index is 12.3. The number of hydrogen-bond acceptors (Lipinski definition) is 4. The zero-order valence-electron chi connectivity index (χ0n) is 12.2. The van der Waals surface area contributed by atoms with Gasteiger partial charge >= 0.3 is 0 Å². The van der Waals surface area contributed by atoms with Crippen molar-refractivity contribution in [1.82, 2.24) is 9.97 Å². The molecule has 1 aromatic heterocycles. The number of anilines is 1. The van der Waals surface area contributed by atoms with Crippen LogP contribution in [0.15, 0.2) is 30.6 Å². The van der Waals surface area contributed by atoms with Crippen molar-refractivity contribution in [3.05, 3.63) is 47.4 Å². The maximum Gasteiger partial charge on any atom is 0.228 e. The SMILES string of the molecule is COc1ccccc1CN1C(=O)CCc2c(C)ncnc21. The minimum atomic E-state index is 0.0894. The van der Waals surface area contributed by atoms with Gasteiger partial charge < -0.3 is 4.74 Å². The molecule has 0 unspecified atom stereocenters. The minimum absolute atomic E-state index is 0.0894. The van der Waals surface area contributed by atoms with Crippen molar-refractivity contribution in [3.8, 4) is 5.75 Å². The standard InChI is InChI=1S/C16H17N3O2/c1-11-13-7-8-15(20)19(16(13)18-10-17-11)9-12-5-3-4-6-14(12)21-2/h3-6,10H,7-9H2,1-2H3. The van der Waals surface area contributed by atoms with Crippen molar-refractivity contribution in [2.24, 2.45) is 0 Å². The fourth-order valence-corrected chi connectivity index (χ4v) is 2.67. The van der Waals surface area contributed by atoms with Gasteiger partial charge in [0.05, 0.1) is 13.7 Å². The topological polar surface area (TPSA) is 55.3 Å². The van der Waals surface area contributed by atoms with E-state index in [2.05, 4.69) is 9.97 Å². The number of carbonyl (C=O) groups excluding carboxylic acids is 1. The van der Waals surface area contributed by atoms with E-state index in [4.69, 9.17) is 4.74 Å². The van der Waals surface area contributed by atoms with Gasteiger partial charge in [-0.25, -0.2) is 9.97 Å². The summed E-state index contributed by atoms with van der Waals surface area (Å²) >= 11 is 0. The van der Waals surface area contributed by atoms with E-state index in [1.807, 2.05) is 31.2 Å². The Hall–Kier alpha value is -2.43. The van der Waals surface area contributed by atoms with Crippen LogP contribution in [-0.4, -0.2) is 23.0 Å². The lowest BCUT2D eigenvalue weighted by molar-refractivity contribution is -0.119. The van der Waals surface area contributed by atoms with Gasteiger partial charge in [-0.05, 0) is 19.4 Å². The molecule has 1 aromatic carbocycles. The number of carbonyl (C=O) groups is 1. The van der Waals surface area contributed by atoms with Crippen LogP contribution >= 0.6 is 0 Å². The van der Waals surface area contributed by atoms with Crippen LogP contribution in [0.5, 0.6) is 5.75 Å². The lowest BCUT2D eigenvalue weighted by atomic mass is 10.0. The number of nitrogens with zero attached hydrogens (tertiary/aromatic N) is 3. The summed E-state index contributed by atoms with van der Waals surface area (Å²) in [5, 5.41) is 0. The van der Waals surface area contributed by atoms with Gasteiger partial charge in [-0.3, -0.25) is 9.69 Å². The van der Waals surface area contributed by atoms with E-state index >= 15 is 0 Å². The molecule has 0 bridgehead atoms. The number of methoxy groups -OCH3 is 1. The third-order valence-corrected chi connectivity index (χ3v) is 3.80. The molecule has 2 heterocycles. The van der Waals surface area contributed by atoms with Crippen molar-refractivity contribution >= 4 is 11.7 Å². The van der Waals surface area contributed by atoms with Crippen LogP contribution in [-0.2, 0) is 17.8 Å². The summed E-state index contributed by atoms with van der Waals surface area (Å²) in [6, 6.07) is 7.73. The van der Waals surface area contributed by atoms with E-state index in [-0.39, 0.29) is 5.91 Å². The van der Waals surface area contributed by atoms with Gasteiger partial charge in [0.2, 0.25) is 5.91 Å². The number of rotatable bonds is 3. The first-order valence-electron chi connectivity index (χ1n) is 6.93. The Bertz CT molecular complexity index is 685. The van der Waals surface area contributed by atoms with Crippen molar-refractivity contribution < 1.29 is 9.53 Å². The lowest BCUT2D eigenvalue weighted by Crippen LogP contribution is -2.36. The molecule has 108 valence electrons. The first kappa shape index (κ1) is 13.5. The van der Waals surface area contributed by atoms with Crippen LogP contribution in [0, 0.1) is 6.92 Å². The molecule has 0 saturated heterocycles. The van der Waals surface area contributed by atoms with Crippen LogP contribution in [0.25, 0.3) is 0 Å². The van der Waals surface area contributed by atoms with Gasteiger partial charge in [-0.2, -0.15) is 0 Å². The van der Waals surface area contributed by atoms with Crippen LogP contribution in [0.4, 0.5) is 5.82 Å². The summed E-state index contributed by atoms with van der Waals surface area (Å²) in [5.74, 6) is 1.60. The van der Waals surface area contributed by atoms with Crippen molar-refractivity contribution in [1.29, 1.82) is 0 Å². The number of fused-ring (bicyclic) bond motifs is 1. The summed E-state index contributed by atoms with van der Waals surface area (Å²) in [4.78, 5) is 22.6. The average Bonchev–Trinajstić information content (AvgIpc) is 2.51. The van der Waals surface area contributed by atoms with Crippen LogP contribution in [0.2, 0.25) is 0 Å². The molecule has 0 spiro atoms. The lowest BCUT2D eigenvalue weighted by Gasteiger charge is -2.29. The van der Waals surface area contributed by atoms with Crippen LogP contribution < -0.4 is 9.64 Å². The number of ether oxygens (including phenoxy) is 1. The highest BCUT2D eigenvalue weighted by Gasteiger charge is 2.27. The molecule has 21 heavy (non-hydrogen) atoms. The molecule has 3 rings (SSSR count). The molecule has 2 aromatic rings. The number of benzene rings is 1. The Morgan fingerprint density at radius 1 is 1.24 bits per heavy atom. The highest BCUT2D eigenvalue weighted by molar-refractivity contribution is 5.95. The molecule has 5 heteroatoms. The Kier molecular flexibility index (Phi) is 3.56. The molecule has 0 radical (unpaired) electrons. The van der Waals surface area contributed by atoms with Gasteiger partial charge in [0.25, 0.3) is 0 Å². The fourth-order valence-electron chi connectivity index (χ4n) is 2.67. The fraction of sp³-hybridized carbons (Fsp3) is 0.312. The number of para-hydroxylation sites is 1. The number of amides is 1. The largest absolute Gasteiger partial charge is 0.496 e. The molecule has 1 amide bonds. The van der Waals surface area contributed by atoms with Crippen molar-refractivity contribution in [3.63, 3.8) is 0 Å². The monoisotopic (exact) mass is 283 g/mol. The zero-order valence-corrected chi connectivity index (χ0v) is 12.2. The van der Waals surface area contributed by atoms with E-state index in [1.54, 1.807) is 12.0 Å². The Morgan fingerprint density at radius 3 is 2.86 bits per heavy atom. The number of aromatic nitrogens is 2. The molecular weight excluding hydrogens is 266 g/mol. The van der Waals surface area contributed by atoms with E-state index in [9.17, 15) is 4.79 Å². The zero-order chi connectivity index (χ0) is 14.8. The van der Waals surface area contributed by atoms with Gasteiger partial charge in [0, 0.05) is 23.2 Å². The predicted molar refractivity (Wildman–Crippen MR) is 79.3 cm³/mol. The summed E-state index contributed by atoms with van der Waals surface area (Å²) < 4.78 is 5.36. The third kappa shape index (κ3) is 2.46. The smallest absolute Gasteiger partial charge is 0.228 e. The molecule has 0 aliphatic carbocycles. The molecular formula is C16H17N3O2. The quantitative estimate of drug-likeness (QED) is 0.867. The van der Waals surface area contributed by atoms with Gasteiger partial charge in [0.15, 0.2) is 0 Å². The molecule has 0 saturated carbocycles. The van der Waals surface area contributed by atoms with Gasteiger partial charge in [-0.15, -0.1) is 0 Å². The van der Waals surface area contributed by atoms with E-state index in [0.717, 1.165) is 28.4 Å². The molecule has 1 aliphatic rings. The normalized spacial score (nSPS) is 14.0. The molecule has 0 fully saturated rings. The van der Waals surface area contributed by atoms with Crippen molar-refractivity contribution in [2.45, 2.75) is 26.3 Å². The van der Waals surface area contributed by atoms with Crippen LogP contribution in [0.3, 0.4) is 0 Å². The highest BCUT2D eigenvalue weighted by atomic mass is 16.5. The first-order chi connectivity index (χ1) is 10.2. The van der Waals surface area contributed by atoms with Crippen molar-refractivity contribution in [2.75, 3.05) is 12.0 Å². The second-order valence-corrected chi connectivity index (χ2v) is 5.05. The summed E-state index contributed by atoms with van der Waals surface area (Å²) in [7, 11) is 1.64. The Labute approximate surface area is 123 Å². The van der Waals surface area contributed by atoms with Gasteiger partial charge in [0.1, 0.15) is 17.9 Å². The second kappa shape index (κ2) is 5.52. The predicted octanol–water partition coefficient (Wildman–Crippen LogP) is 2.27. The number of hydrogen-bond donors (Lipinski definition) is 0. The second-order valence-electron chi connectivity index (χ2n) is 5.05. The number of aryl methyl sites for hydroxylation is 1. The molecule has 5 nitrogen and oxygen atoms in total. The first-order valence-corrected chi connectivity index (χ1v) is 6.93. The summed E-state index contributed by atoms with van der Waals surface area (Å²) in [6.07, 6.45) is 2.72. The molecule has 0 N–H and O–H groups in total. The molecule has 0 atom stereocenters. The van der Waals surface area contributed by atoms with Crippen LogP contribution in [0.1, 0.15) is 23.2 Å². The van der Waals surface area contributed by atoms with E-state index in [1.165, 1.54) is 6.33 Å². The minimum Gasteiger partial charge on any atom is -0.496 e. The van der Waals surface area contributed by atoms with E-state index < -0.39 is 0 Å². The third-order valence-electron chi connectivity index (χ3n) is 3.80. The van der Waals surface area contributed by atoms with Gasteiger partial charge in [-0.1, -0.05) is 18.2 Å². The summed E-state index contributed by atoms with van der Waals surface area (Å²) in [5.41, 5.74) is 2.97. The Balaban J connectivity index is 1.99. The maximum atomic E-state index is 12.3. The average molecular weight is 283 g/mol. The molecule has 1 aliphatic heterocycles. The highest BCUT2D eigenvalue weighted by Crippen LogP contribution is 2.30. The van der Waals surface area contributed by atoms with E-state index in [0.29, 0.717) is 19.4 Å². The summed E-state index contributed by atoms with van der Waals surface area (Å²) in [6.45, 7) is 2.42. The Morgan fingerprint density at radius 2 is 2.05 bits per heavy atom.